The molecule has 3 nitrogen and oxygen atoms in total. The fourth-order valence-corrected chi connectivity index (χ4v) is 1.21. The molecule has 0 spiro atoms. The largest absolute Gasteiger partial charge is 0.390 e. The van der Waals surface area contributed by atoms with Gasteiger partial charge < -0.3 is 14.6 Å². The van der Waals surface area contributed by atoms with Gasteiger partial charge in [-0.1, -0.05) is 6.92 Å². The van der Waals surface area contributed by atoms with Crippen LogP contribution in [-0.4, -0.2) is 30.7 Å². The van der Waals surface area contributed by atoms with Gasteiger partial charge in [-0.3, -0.25) is 0 Å². The van der Waals surface area contributed by atoms with Crippen molar-refractivity contribution < 1.29 is 14.6 Å². The number of methoxy groups -OCH3 is 1. The summed E-state index contributed by atoms with van der Waals surface area (Å²) in [4.78, 5) is 0. The average Bonchev–Trinajstić information content (AvgIpc) is 2.30. The van der Waals surface area contributed by atoms with E-state index in [9.17, 15) is 5.11 Å². The van der Waals surface area contributed by atoms with Crippen molar-refractivity contribution in [3.63, 3.8) is 0 Å². The van der Waals surface area contributed by atoms with Crippen molar-refractivity contribution in [1.82, 2.24) is 0 Å². The van der Waals surface area contributed by atoms with E-state index in [4.69, 9.17) is 9.47 Å². The second-order valence-corrected chi connectivity index (χ2v) is 2.55. The lowest BCUT2D eigenvalue weighted by Gasteiger charge is -2.10. The third-order valence-corrected chi connectivity index (χ3v) is 1.85. The lowest BCUT2D eigenvalue weighted by Crippen LogP contribution is -2.19. The van der Waals surface area contributed by atoms with Gasteiger partial charge in [0.25, 0.3) is 0 Å². The Bertz CT molecular complexity index is 105. The van der Waals surface area contributed by atoms with Crippen LogP contribution >= 0.6 is 0 Å². The Morgan fingerprint density at radius 1 is 1.70 bits per heavy atom. The first-order valence-electron chi connectivity index (χ1n) is 3.64. The molecule has 0 aromatic carbocycles. The minimum Gasteiger partial charge on any atom is -0.390 e. The van der Waals surface area contributed by atoms with Crippen LogP contribution in [0.25, 0.3) is 0 Å². The van der Waals surface area contributed by atoms with E-state index in [1.807, 2.05) is 6.92 Å². The summed E-state index contributed by atoms with van der Waals surface area (Å²) in [5, 5.41) is 9.29. The predicted molar refractivity (Wildman–Crippen MR) is 36.6 cm³/mol. The molecule has 0 bridgehead atoms. The van der Waals surface area contributed by atoms with Crippen molar-refractivity contribution in [3.8, 4) is 0 Å². The van der Waals surface area contributed by atoms with Gasteiger partial charge in [-0.2, -0.15) is 0 Å². The topological polar surface area (TPSA) is 38.7 Å². The Morgan fingerprint density at radius 2 is 2.40 bits per heavy atom. The Balaban J connectivity index is 2.36. The monoisotopic (exact) mass is 146 g/mol. The Labute approximate surface area is 60.9 Å². The number of aliphatic hydroxyl groups is 1. The molecule has 1 aliphatic rings. The summed E-state index contributed by atoms with van der Waals surface area (Å²) < 4.78 is 10.2. The van der Waals surface area contributed by atoms with Crippen LogP contribution in [0.5, 0.6) is 0 Å². The number of ether oxygens (including phenoxy) is 2. The van der Waals surface area contributed by atoms with Crippen LogP contribution in [-0.2, 0) is 9.47 Å². The highest BCUT2D eigenvalue weighted by molar-refractivity contribution is 4.76. The zero-order valence-corrected chi connectivity index (χ0v) is 6.41. The quantitative estimate of drug-likeness (QED) is 0.617. The third-order valence-electron chi connectivity index (χ3n) is 1.85. The minimum absolute atomic E-state index is 0.0232. The lowest BCUT2D eigenvalue weighted by atomic mass is 10.1. The van der Waals surface area contributed by atoms with Gasteiger partial charge in [-0.15, -0.1) is 0 Å². The van der Waals surface area contributed by atoms with Crippen LogP contribution in [0.2, 0.25) is 0 Å². The van der Waals surface area contributed by atoms with Crippen LogP contribution in [0, 0.1) is 0 Å². The second kappa shape index (κ2) is 3.32. The normalized spacial score (nSPS) is 40.5. The summed E-state index contributed by atoms with van der Waals surface area (Å²) in [6.07, 6.45) is 0.899. The number of aliphatic hydroxyl groups excluding tert-OH is 1. The molecule has 1 heterocycles. The molecular formula is C7H14O3. The van der Waals surface area contributed by atoms with Gasteiger partial charge in [0.2, 0.25) is 0 Å². The molecule has 0 radical (unpaired) electrons. The summed E-state index contributed by atoms with van der Waals surface area (Å²) in [6, 6.07) is 0. The van der Waals surface area contributed by atoms with Crippen molar-refractivity contribution in [3.05, 3.63) is 0 Å². The highest BCUT2D eigenvalue weighted by Crippen LogP contribution is 2.22. The molecule has 3 atom stereocenters. The van der Waals surface area contributed by atoms with Crippen LogP contribution < -0.4 is 0 Å². The van der Waals surface area contributed by atoms with E-state index in [1.165, 1.54) is 0 Å². The fraction of sp³-hybridized carbons (Fsp3) is 1.00. The van der Waals surface area contributed by atoms with Gasteiger partial charge in [0.15, 0.2) is 6.29 Å². The summed E-state index contributed by atoms with van der Waals surface area (Å²) >= 11 is 0. The highest BCUT2D eigenvalue weighted by Gasteiger charge is 2.32. The van der Waals surface area contributed by atoms with E-state index >= 15 is 0 Å². The Hall–Kier alpha value is -0.120. The molecule has 0 unspecified atom stereocenters. The lowest BCUT2D eigenvalue weighted by molar-refractivity contribution is -0.117. The minimum atomic E-state index is -0.338. The van der Waals surface area contributed by atoms with E-state index in [0.717, 1.165) is 6.42 Å². The Morgan fingerprint density at radius 3 is 2.70 bits per heavy atom. The number of rotatable bonds is 2. The smallest absolute Gasteiger partial charge is 0.160 e. The number of hydrogen-bond donors (Lipinski definition) is 1. The van der Waals surface area contributed by atoms with Crippen LogP contribution in [0.1, 0.15) is 19.8 Å². The van der Waals surface area contributed by atoms with Crippen LogP contribution in [0.15, 0.2) is 0 Å². The molecule has 1 saturated heterocycles. The van der Waals surface area contributed by atoms with Crippen molar-refractivity contribution >= 4 is 0 Å². The highest BCUT2D eigenvalue weighted by atomic mass is 16.7. The fourth-order valence-electron chi connectivity index (χ4n) is 1.21. The van der Waals surface area contributed by atoms with Crippen molar-refractivity contribution in [2.24, 2.45) is 0 Å². The molecule has 0 aliphatic carbocycles. The molecule has 0 aromatic heterocycles. The molecule has 3 heteroatoms. The van der Waals surface area contributed by atoms with Crippen molar-refractivity contribution in [2.75, 3.05) is 7.11 Å². The van der Waals surface area contributed by atoms with Crippen LogP contribution in [0.4, 0.5) is 0 Å². The van der Waals surface area contributed by atoms with E-state index < -0.39 is 0 Å². The van der Waals surface area contributed by atoms with Crippen molar-refractivity contribution in [1.29, 1.82) is 0 Å². The summed E-state index contributed by atoms with van der Waals surface area (Å²) in [7, 11) is 1.59. The summed E-state index contributed by atoms with van der Waals surface area (Å²) in [5.74, 6) is 0. The first-order chi connectivity index (χ1) is 4.77. The van der Waals surface area contributed by atoms with E-state index in [1.54, 1.807) is 7.11 Å². The van der Waals surface area contributed by atoms with E-state index in [-0.39, 0.29) is 18.5 Å². The first-order valence-corrected chi connectivity index (χ1v) is 3.64. The van der Waals surface area contributed by atoms with Gasteiger partial charge in [0.05, 0.1) is 12.2 Å². The predicted octanol–water partition coefficient (Wildman–Crippen LogP) is 0.519. The van der Waals surface area contributed by atoms with Gasteiger partial charge in [-0.25, -0.2) is 0 Å². The maximum absolute atomic E-state index is 9.29. The first kappa shape index (κ1) is 7.98. The molecule has 0 amide bonds. The van der Waals surface area contributed by atoms with E-state index in [2.05, 4.69) is 0 Å². The van der Waals surface area contributed by atoms with E-state index in [0.29, 0.717) is 6.42 Å². The Kier molecular flexibility index (Phi) is 2.65. The molecule has 1 rings (SSSR count). The standard InChI is InChI=1S/C7H14O3/c1-3-6-5(8)4-7(9-2)10-6/h5-8H,3-4H2,1-2H3/t5-,6-,7-/m0/s1. The van der Waals surface area contributed by atoms with Crippen LogP contribution in [0.3, 0.4) is 0 Å². The third kappa shape index (κ3) is 1.48. The summed E-state index contributed by atoms with van der Waals surface area (Å²) in [6.45, 7) is 1.99. The van der Waals surface area contributed by atoms with Gasteiger partial charge in [0.1, 0.15) is 0 Å². The van der Waals surface area contributed by atoms with Crippen molar-refractivity contribution in [2.45, 2.75) is 38.3 Å². The zero-order valence-electron chi connectivity index (χ0n) is 6.41. The molecule has 0 aromatic rings. The van der Waals surface area contributed by atoms with Gasteiger partial charge in [-0.05, 0) is 6.42 Å². The molecule has 60 valence electrons. The zero-order chi connectivity index (χ0) is 7.56. The molecule has 10 heavy (non-hydrogen) atoms. The second-order valence-electron chi connectivity index (χ2n) is 2.55. The molecular weight excluding hydrogens is 132 g/mol. The molecule has 0 saturated carbocycles. The molecule has 1 fully saturated rings. The SMILES string of the molecule is CC[C@@H]1O[C@H](OC)C[C@@H]1O. The molecule has 1 aliphatic heterocycles. The van der Waals surface area contributed by atoms with Gasteiger partial charge in [0, 0.05) is 13.5 Å². The molecule has 1 N–H and O–H groups in total. The maximum Gasteiger partial charge on any atom is 0.160 e. The average molecular weight is 146 g/mol. The maximum atomic E-state index is 9.29. The summed E-state index contributed by atoms with van der Waals surface area (Å²) in [5.41, 5.74) is 0. The number of hydrogen-bond acceptors (Lipinski definition) is 3. The van der Waals surface area contributed by atoms with Gasteiger partial charge >= 0.3 is 0 Å².